The van der Waals surface area contributed by atoms with Crippen molar-refractivity contribution >= 4 is 5.91 Å². The lowest BCUT2D eigenvalue weighted by Gasteiger charge is -2.08. The minimum Gasteiger partial charge on any atom is -0.497 e. The van der Waals surface area contributed by atoms with Gasteiger partial charge >= 0.3 is 0 Å². The van der Waals surface area contributed by atoms with Crippen LogP contribution in [0.1, 0.15) is 17.5 Å². The number of carbonyl (C=O) groups excluding carboxylic acids is 1. The van der Waals surface area contributed by atoms with Crippen molar-refractivity contribution in [3.63, 3.8) is 0 Å². The fourth-order valence-corrected chi connectivity index (χ4v) is 2.29. The number of nitrogens with one attached hydrogen (secondary N) is 2. The molecular weight excluding hydrogens is 307 g/mol. The highest BCUT2D eigenvalue weighted by atomic mass is 19.1. The molecule has 128 valence electrons. The van der Waals surface area contributed by atoms with E-state index in [-0.39, 0.29) is 11.7 Å². The van der Waals surface area contributed by atoms with Crippen LogP contribution in [0.3, 0.4) is 0 Å². The number of rotatable bonds is 9. The highest BCUT2D eigenvalue weighted by Gasteiger charge is 2.03. The summed E-state index contributed by atoms with van der Waals surface area (Å²) in [6.07, 6.45) is 1.15. The first kappa shape index (κ1) is 17.9. The number of halogens is 1. The Kier molecular flexibility index (Phi) is 7.23. The Labute approximate surface area is 142 Å². The van der Waals surface area contributed by atoms with Gasteiger partial charge in [-0.3, -0.25) is 4.79 Å². The highest BCUT2D eigenvalue weighted by molar-refractivity contribution is 5.76. The number of benzene rings is 2. The Balaban J connectivity index is 1.58. The molecule has 4 nitrogen and oxygen atoms in total. The zero-order chi connectivity index (χ0) is 17.2. The smallest absolute Gasteiger partial charge is 0.221 e. The Morgan fingerprint density at radius 3 is 2.54 bits per heavy atom. The Hall–Kier alpha value is -2.40. The van der Waals surface area contributed by atoms with Crippen LogP contribution in [-0.4, -0.2) is 26.1 Å². The summed E-state index contributed by atoms with van der Waals surface area (Å²) < 4.78 is 18.5. The number of ether oxygens (including phenoxy) is 1. The number of methoxy groups -OCH3 is 1. The lowest BCUT2D eigenvalue weighted by Crippen LogP contribution is -2.29. The standard InChI is InChI=1S/C19H23FN2O2/c1-24-17-8-6-15(7-9-17)10-13-22-19(23)11-12-21-14-16-4-2-3-5-18(16)20/h2-9,21H,10-14H2,1H3,(H,22,23). The zero-order valence-corrected chi connectivity index (χ0v) is 13.8. The van der Waals surface area contributed by atoms with Gasteiger partial charge in [0.25, 0.3) is 0 Å². The van der Waals surface area contributed by atoms with E-state index in [9.17, 15) is 9.18 Å². The summed E-state index contributed by atoms with van der Waals surface area (Å²) in [6.45, 7) is 1.53. The third-order valence-corrected chi connectivity index (χ3v) is 3.70. The number of hydrogen-bond donors (Lipinski definition) is 2. The third kappa shape index (κ3) is 6.01. The van der Waals surface area contributed by atoms with Crippen LogP contribution in [0.4, 0.5) is 4.39 Å². The number of carbonyl (C=O) groups is 1. The zero-order valence-electron chi connectivity index (χ0n) is 13.8. The Morgan fingerprint density at radius 2 is 1.83 bits per heavy atom. The summed E-state index contributed by atoms with van der Waals surface area (Å²) >= 11 is 0. The monoisotopic (exact) mass is 330 g/mol. The highest BCUT2D eigenvalue weighted by Crippen LogP contribution is 2.11. The predicted molar refractivity (Wildman–Crippen MR) is 92.4 cm³/mol. The van der Waals surface area contributed by atoms with Crippen LogP contribution < -0.4 is 15.4 Å². The van der Waals surface area contributed by atoms with Gasteiger partial charge in [0.05, 0.1) is 7.11 Å². The van der Waals surface area contributed by atoms with E-state index >= 15 is 0 Å². The summed E-state index contributed by atoms with van der Waals surface area (Å²) in [5.41, 5.74) is 1.76. The van der Waals surface area contributed by atoms with Gasteiger partial charge < -0.3 is 15.4 Å². The average Bonchev–Trinajstić information content (AvgIpc) is 2.61. The maximum Gasteiger partial charge on any atom is 0.221 e. The molecule has 24 heavy (non-hydrogen) atoms. The summed E-state index contributed by atoms with van der Waals surface area (Å²) in [5, 5.41) is 5.96. The Bertz CT molecular complexity index is 644. The SMILES string of the molecule is COc1ccc(CCNC(=O)CCNCc2ccccc2F)cc1. The molecule has 2 aromatic carbocycles. The van der Waals surface area contributed by atoms with E-state index in [1.807, 2.05) is 24.3 Å². The first-order valence-electron chi connectivity index (χ1n) is 8.03. The summed E-state index contributed by atoms with van der Waals surface area (Å²) in [4.78, 5) is 11.8. The largest absolute Gasteiger partial charge is 0.497 e. The van der Waals surface area contributed by atoms with Gasteiger partial charge in [-0.1, -0.05) is 30.3 Å². The summed E-state index contributed by atoms with van der Waals surface area (Å²) in [7, 11) is 1.63. The molecule has 1 amide bonds. The van der Waals surface area contributed by atoms with Gasteiger partial charge in [-0.2, -0.15) is 0 Å². The third-order valence-electron chi connectivity index (χ3n) is 3.70. The van der Waals surface area contributed by atoms with E-state index in [1.165, 1.54) is 6.07 Å². The van der Waals surface area contributed by atoms with E-state index in [4.69, 9.17) is 4.74 Å². The van der Waals surface area contributed by atoms with Crippen molar-refractivity contribution in [2.75, 3.05) is 20.2 Å². The first-order chi connectivity index (χ1) is 11.7. The van der Waals surface area contributed by atoms with E-state index in [0.29, 0.717) is 31.6 Å². The normalized spacial score (nSPS) is 10.4. The number of hydrogen-bond acceptors (Lipinski definition) is 3. The topological polar surface area (TPSA) is 50.4 Å². The van der Waals surface area contributed by atoms with Gasteiger partial charge in [0, 0.05) is 31.6 Å². The van der Waals surface area contributed by atoms with Gasteiger partial charge in [-0.15, -0.1) is 0 Å². The van der Waals surface area contributed by atoms with Gasteiger partial charge in [-0.05, 0) is 30.2 Å². The molecule has 2 rings (SSSR count). The van der Waals surface area contributed by atoms with E-state index < -0.39 is 0 Å². The second-order valence-electron chi connectivity index (χ2n) is 5.47. The lowest BCUT2D eigenvalue weighted by molar-refractivity contribution is -0.120. The fourth-order valence-electron chi connectivity index (χ4n) is 2.29. The van der Waals surface area contributed by atoms with Crippen molar-refractivity contribution in [1.29, 1.82) is 0 Å². The van der Waals surface area contributed by atoms with E-state index in [1.54, 1.807) is 25.3 Å². The molecule has 2 N–H and O–H groups in total. The average molecular weight is 330 g/mol. The molecule has 0 bridgehead atoms. The van der Waals surface area contributed by atoms with Gasteiger partial charge in [0.1, 0.15) is 11.6 Å². The van der Waals surface area contributed by atoms with Crippen LogP contribution in [0.25, 0.3) is 0 Å². The second-order valence-corrected chi connectivity index (χ2v) is 5.47. The molecule has 0 unspecified atom stereocenters. The fraction of sp³-hybridized carbons (Fsp3) is 0.316. The van der Waals surface area contributed by atoms with Crippen LogP contribution in [0.5, 0.6) is 5.75 Å². The van der Waals surface area contributed by atoms with E-state index in [0.717, 1.165) is 17.7 Å². The first-order valence-corrected chi connectivity index (χ1v) is 8.03. The molecule has 0 fully saturated rings. The molecule has 0 aliphatic carbocycles. The van der Waals surface area contributed by atoms with Gasteiger partial charge in [0.15, 0.2) is 0 Å². The van der Waals surface area contributed by atoms with Crippen molar-refractivity contribution in [3.8, 4) is 5.75 Å². The predicted octanol–water partition coefficient (Wildman–Crippen LogP) is 2.67. The van der Waals surface area contributed by atoms with Gasteiger partial charge in [0.2, 0.25) is 5.91 Å². The maximum atomic E-state index is 13.4. The van der Waals surface area contributed by atoms with Gasteiger partial charge in [-0.25, -0.2) is 4.39 Å². The van der Waals surface area contributed by atoms with E-state index in [2.05, 4.69) is 10.6 Å². The molecule has 0 saturated carbocycles. The quantitative estimate of drug-likeness (QED) is 0.695. The van der Waals surface area contributed by atoms with Crippen molar-refractivity contribution in [3.05, 3.63) is 65.5 Å². The van der Waals surface area contributed by atoms with Crippen molar-refractivity contribution in [2.45, 2.75) is 19.4 Å². The van der Waals surface area contributed by atoms with Crippen LogP contribution >= 0.6 is 0 Å². The number of amides is 1. The minimum atomic E-state index is -0.228. The molecule has 0 radical (unpaired) electrons. The molecule has 0 aliphatic heterocycles. The van der Waals surface area contributed by atoms with Crippen LogP contribution in [0.15, 0.2) is 48.5 Å². The lowest BCUT2D eigenvalue weighted by atomic mass is 10.1. The van der Waals surface area contributed by atoms with Crippen molar-refractivity contribution in [1.82, 2.24) is 10.6 Å². The molecule has 5 heteroatoms. The summed E-state index contributed by atoms with van der Waals surface area (Å²) in [6, 6.07) is 14.4. The molecule has 0 heterocycles. The maximum absolute atomic E-state index is 13.4. The molecule has 0 atom stereocenters. The van der Waals surface area contributed by atoms with Crippen molar-refractivity contribution < 1.29 is 13.9 Å². The molecule has 2 aromatic rings. The molecule has 0 spiro atoms. The second kappa shape index (κ2) is 9.67. The van der Waals surface area contributed by atoms with Crippen LogP contribution in [0, 0.1) is 5.82 Å². The van der Waals surface area contributed by atoms with Crippen molar-refractivity contribution in [2.24, 2.45) is 0 Å². The molecule has 0 aliphatic rings. The molecule has 0 aromatic heterocycles. The van der Waals surface area contributed by atoms with Crippen LogP contribution in [0.2, 0.25) is 0 Å². The molecule has 0 saturated heterocycles. The Morgan fingerprint density at radius 1 is 1.08 bits per heavy atom. The van der Waals surface area contributed by atoms with Crippen LogP contribution in [-0.2, 0) is 17.8 Å². The molecular formula is C19H23FN2O2. The minimum absolute atomic E-state index is 0.00968. The summed E-state index contributed by atoms with van der Waals surface area (Å²) in [5.74, 6) is 0.585.